The Kier molecular flexibility index (Phi) is 4.10. The molecule has 0 N–H and O–H groups in total. The van der Waals surface area contributed by atoms with Gasteiger partial charge >= 0.3 is 0 Å². The van der Waals surface area contributed by atoms with Gasteiger partial charge in [-0.3, -0.25) is 0 Å². The third kappa shape index (κ3) is 2.77. The van der Waals surface area contributed by atoms with Gasteiger partial charge in [0.25, 0.3) is 0 Å². The van der Waals surface area contributed by atoms with Crippen molar-refractivity contribution in [1.82, 2.24) is 4.98 Å². The second kappa shape index (κ2) is 5.59. The van der Waals surface area contributed by atoms with E-state index in [0.717, 1.165) is 42.1 Å². The maximum absolute atomic E-state index is 5.45. The summed E-state index contributed by atoms with van der Waals surface area (Å²) in [6.07, 6.45) is 4.44. The number of pyridine rings is 1. The van der Waals surface area contributed by atoms with Crippen LogP contribution >= 0.6 is 0 Å². The molecule has 100 valence electrons. The van der Waals surface area contributed by atoms with E-state index >= 15 is 0 Å². The van der Waals surface area contributed by atoms with Crippen molar-refractivity contribution in [3.8, 4) is 5.75 Å². The van der Waals surface area contributed by atoms with E-state index in [9.17, 15) is 0 Å². The molecule has 0 unspecified atom stereocenters. The Hall–Kier alpha value is -1.25. The molecule has 0 saturated carbocycles. The molecule has 2 rings (SSSR count). The highest BCUT2D eigenvalue weighted by Gasteiger charge is 2.24. The van der Waals surface area contributed by atoms with Gasteiger partial charge in [-0.2, -0.15) is 0 Å². The molecule has 0 bridgehead atoms. The Morgan fingerprint density at radius 1 is 1.33 bits per heavy atom. The largest absolute Gasteiger partial charge is 0.493 e. The Morgan fingerprint density at radius 3 is 2.56 bits per heavy atom. The Labute approximate surface area is 110 Å². The fourth-order valence-electron chi connectivity index (χ4n) is 2.70. The van der Waals surface area contributed by atoms with Gasteiger partial charge < -0.3 is 9.64 Å². The van der Waals surface area contributed by atoms with Crippen LogP contribution in [0.3, 0.4) is 0 Å². The first-order valence-electron chi connectivity index (χ1n) is 6.87. The number of piperidine rings is 1. The van der Waals surface area contributed by atoms with Crippen LogP contribution in [0.2, 0.25) is 0 Å². The molecule has 1 aromatic rings. The highest BCUT2D eigenvalue weighted by atomic mass is 16.5. The SMILES string of the molecule is COc1cc(C)cnc1N1CCC(C(C)C)CC1. The number of hydrogen-bond acceptors (Lipinski definition) is 3. The molecule has 1 saturated heterocycles. The smallest absolute Gasteiger partial charge is 0.171 e. The van der Waals surface area contributed by atoms with E-state index < -0.39 is 0 Å². The number of aryl methyl sites for hydroxylation is 1. The van der Waals surface area contributed by atoms with Crippen LogP contribution in [-0.2, 0) is 0 Å². The van der Waals surface area contributed by atoms with Crippen molar-refractivity contribution in [2.45, 2.75) is 33.6 Å². The first-order chi connectivity index (χ1) is 8.61. The van der Waals surface area contributed by atoms with Crippen LogP contribution in [0.4, 0.5) is 5.82 Å². The zero-order valence-electron chi connectivity index (χ0n) is 11.9. The highest BCUT2D eigenvalue weighted by Crippen LogP contribution is 2.32. The van der Waals surface area contributed by atoms with E-state index in [1.165, 1.54) is 12.8 Å². The van der Waals surface area contributed by atoms with Gasteiger partial charge in [0.15, 0.2) is 11.6 Å². The van der Waals surface area contributed by atoms with E-state index in [4.69, 9.17) is 4.74 Å². The van der Waals surface area contributed by atoms with E-state index in [2.05, 4.69) is 29.8 Å². The summed E-state index contributed by atoms with van der Waals surface area (Å²) in [6, 6.07) is 2.07. The van der Waals surface area contributed by atoms with Gasteiger partial charge in [-0.15, -0.1) is 0 Å². The standard InChI is InChI=1S/C15H24N2O/c1-11(2)13-5-7-17(8-6-13)15-14(18-4)9-12(3)10-16-15/h9-11,13H,5-8H2,1-4H3. The lowest BCUT2D eigenvalue weighted by Crippen LogP contribution is -2.35. The molecular weight excluding hydrogens is 224 g/mol. The van der Waals surface area contributed by atoms with Gasteiger partial charge in [0.05, 0.1) is 7.11 Å². The van der Waals surface area contributed by atoms with Crippen molar-refractivity contribution < 1.29 is 4.74 Å². The van der Waals surface area contributed by atoms with E-state index in [1.807, 2.05) is 13.1 Å². The molecule has 2 heterocycles. The molecule has 0 aromatic carbocycles. The average Bonchev–Trinajstić information content (AvgIpc) is 2.38. The van der Waals surface area contributed by atoms with Crippen molar-refractivity contribution in [1.29, 1.82) is 0 Å². The molecule has 3 heteroatoms. The molecule has 0 radical (unpaired) electrons. The lowest BCUT2D eigenvalue weighted by Gasteiger charge is -2.35. The van der Waals surface area contributed by atoms with Crippen LogP contribution in [0.5, 0.6) is 5.75 Å². The highest BCUT2D eigenvalue weighted by molar-refractivity contribution is 5.53. The third-order valence-corrected chi connectivity index (χ3v) is 3.97. The monoisotopic (exact) mass is 248 g/mol. The Balaban J connectivity index is 2.09. The number of ether oxygens (including phenoxy) is 1. The molecule has 1 aromatic heterocycles. The van der Waals surface area contributed by atoms with Crippen molar-refractivity contribution in [2.75, 3.05) is 25.1 Å². The number of aromatic nitrogens is 1. The minimum atomic E-state index is 0.792. The first kappa shape index (κ1) is 13.2. The third-order valence-electron chi connectivity index (χ3n) is 3.97. The van der Waals surface area contributed by atoms with Gasteiger partial charge in [-0.25, -0.2) is 4.98 Å². The lowest BCUT2D eigenvalue weighted by molar-refractivity contribution is 0.309. The second-order valence-corrected chi connectivity index (χ2v) is 5.61. The van der Waals surface area contributed by atoms with Gasteiger partial charge in [0.1, 0.15) is 0 Å². The molecule has 0 aliphatic carbocycles. The summed E-state index contributed by atoms with van der Waals surface area (Å²) in [5, 5.41) is 0. The predicted molar refractivity (Wildman–Crippen MR) is 75.3 cm³/mol. The summed E-state index contributed by atoms with van der Waals surface area (Å²) in [6.45, 7) is 8.88. The summed E-state index contributed by atoms with van der Waals surface area (Å²) >= 11 is 0. The summed E-state index contributed by atoms with van der Waals surface area (Å²) in [5.41, 5.74) is 1.15. The molecular formula is C15H24N2O. The molecule has 1 aliphatic rings. The van der Waals surface area contributed by atoms with E-state index in [1.54, 1.807) is 7.11 Å². The maximum atomic E-state index is 5.45. The summed E-state index contributed by atoms with van der Waals surface area (Å²) in [4.78, 5) is 6.90. The van der Waals surface area contributed by atoms with Crippen molar-refractivity contribution in [2.24, 2.45) is 11.8 Å². The molecule has 18 heavy (non-hydrogen) atoms. The molecule has 1 fully saturated rings. The van der Waals surface area contributed by atoms with E-state index in [0.29, 0.717) is 0 Å². The predicted octanol–water partition coefficient (Wildman–Crippen LogP) is 3.27. The van der Waals surface area contributed by atoms with Crippen molar-refractivity contribution >= 4 is 5.82 Å². The van der Waals surface area contributed by atoms with Crippen LogP contribution in [-0.4, -0.2) is 25.2 Å². The minimum absolute atomic E-state index is 0.792. The van der Waals surface area contributed by atoms with Crippen LogP contribution in [0, 0.1) is 18.8 Å². The number of nitrogens with zero attached hydrogens (tertiary/aromatic N) is 2. The quantitative estimate of drug-likeness (QED) is 0.821. The Morgan fingerprint density at radius 2 is 2.00 bits per heavy atom. The summed E-state index contributed by atoms with van der Waals surface area (Å²) in [5.74, 6) is 3.56. The fourth-order valence-corrected chi connectivity index (χ4v) is 2.70. The van der Waals surface area contributed by atoms with Gasteiger partial charge in [0.2, 0.25) is 0 Å². The van der Waals surface area contributed by atoms with Crippen LogP contribution < -0.4 is 9.64 Å². The van der Waals surface area contributed by atoms with Gasteiger partial charge in [-0.05, 0) is 43.2 Å². The van der Waals surface area contributed by atoms with Crippen molar-refractivity contribution in [3.05, 3.63) is 17.8 Å². The molecule has 0 spiro atoms. The normalized spacial score (nSPS) is 17.3. The zero-order valence-corrected chi connectivity index (χ0v) is 11.9. The molecule has 0 amide bonds. The van der Waals surface area contributed by atoms with E-state index in [-0.39, 0.29) is 0 Å². The number of hydrogen-bond donors (Lipinski definition) is 0. The summed E-state index contributed by atoms with van der Waals surface area (Å²) in [7, 11) is 1.72. The number of anilines is 1. The molecule has 1 aliphatic heterocycles. The Bertz CT molecular complexity index is 395. The van der Waals surface area contributed by atoms with Crippen LogP contribution in [0.15, 0.2) is 12.3 Å². The average molecular weight is 248 g/mol. The second-order valence-electron chi connectivity index (χ2n) is 5.61. The lowest BCUT2D eigenvalue weighted by atomic mass is 9.87. The molecule has 0 atom stereocenters. The summed E-state index contributed by atoms with van der Waals surface area (Å²) < 4.78 is 5.45. The van der Waals surface area contributed by atoms with Crippen molar-refractivity contribution in [3.63, 3.8) is 0 Å². The first-order valence-corrected chi connectivity index (χ1v) is 6.87. The number of rotatable bonds is 3. The zero-order chi connectivity index (χ0) is 13.1. The molecule has 3 nitrogen and oxygen atoms in total. The van der Waals surface area contributed by atoms with Crippen LogP contribution in [0.25, 0.3) is 0 Å². The minimum Gasteiger partial charge on any atom is -0.493 e. The van der Waals surface area contributed by atoms with Gasteiger partial charge in [-0.1, -0.05) is 13.8 Å². The topological polar surface area (TPSA) is 25.4 Å². The van der Waals surface area contributed by atoms with Crippen LogP contribution in [0.1, 0.15) is 32.3 Å². The van der Waals surface area contributed by atoms with Gasteiger partial charge in [0, 0.05) is 19.3 Å². The fraction of sp³-hybridized carbons (Fsp3) is 0.667. The maximum Gasteiger partial charge on any atom is 0.171 e. The number of methoxy groups -OCH3 is 1.